The van der Waals surface area contributed by atoms with Gasteiger partial charge >= 0.3 is 0 Å². The van der Waals surface area contributed by atoms with E-state index in [0.717, 1.165) is 0 Å². The Morgan fingerprint density at radius 1 is 1.21 bits per heavy atom. The van der Waals surface area contributed by atoms with Gasteiger partial charge in [0.2, 0.25) is 0 Å². The molecule has 0 bridgehead atoms. The van der Waals surface area contributed by atoms with E-state index in [1.165, 1.54) is 18.2 Å². The van der Waals surface area contributed by atoms with E-state index >= 15 is 0 Å². The van der Waals surface area contributed by atoms with Gasteiger partial charge in [-0.3, -0.25) is 14.9 Å². The molecule has 0 saturated carbocycles. The van der Waals surface area contributed by atoms with Crippen LogP contribution in [0, 0.1) is 10.1 Å². The van der Waals surface area contributed by atoms with E-state index < -0.39 is 10.8 Å². The molecule has 0 aliphatic rings. The van der Waals surface area contributed by atoms with Crippen molar-refractivity contribution in [1.29, 1.82) is 0 Å². The summed E-state index contributed by atoms with van der Waals surface area (Å²) in [6.07, 6.45) is 0. The van der Waals surface area contributed by atoms with Gasteiger partial charge in [0.25, 0.3) is 11.6 Å². The van der Waals surface area contributed by atoms with E-state index in [9.17, 15) is 14.9 Å². The van der Waals surface area contributed by atoms with Gasteiger partial charge in [0.05, 0.1) is 16.0 Å². The first-order valence-electron chi connectivity index (χ1n) is 6.98. The van der Waals surface area contributed by atoms with Gasteiger partial charge in [-0.1, -0.05) is 0 Å². The van der Waals surface area contributed by atoms with Crippen molar-refractivity contribution in [2.75, 3.05) is 25.6 Å². The molecule has 0 radical (unpaired) electrons. The third-order valence-corrected chi connectivity index (χ3v) is 3.74. The summed E-state index contributed by atoms with van der Waals surface area (Å²) in [7, 11) is 1.59. The van der Waals surface area contributed by atoms with Crippen LogP contribution in [0.5, 0.6) is 5.75 Å². The molecule has 0 aliphatic heterocycles. The average molecular weight is 395 g/mol. The lowest BCUT2D eigenvalue weighted by molar-refractivity contribution is -0.385. The van der Waals surface area contributed by atoms with Gasteiger partial charge in [-0.05, 0) is 52.3 Å². The van der Waals surface area contributed by atoms with Crippen LogP contribution in [0.2, 0.25) is 0 Å². The van der Waals surface area contributed by atoms with Crippen molar-refractivity contribution in [3.8, 4) is 5.75 Å². The molecular formula is C16H15BrN2O5. The zero-order chi connectivity index (χ0) is 17.5. The Hall–Kier alpha value is -2.45. The number of hydrogen-bond acceptors (Lipinski definition) is 5. The zero-order valence-electron chi connectivity index (χ0n) is 12.8. The Bertz CT molecular complexity index is 734. The molecular weight excluding hydrogens is 380 g/mol. The second kappa shape index (κ2) is 8.42. The summed E-state index contributed by atoms with van der Waals surface area (Å²) in [6.45, 7) is 0.922. The monoisotopic (exact) mass is 394 g/mol. The Balaban J connectivity index is 2.04. The van der Waals surface area contributed by atoms with Crippen LogP contribution < -0.4 is 10.1 Å². The van der Waals surface area contributed by atoms with E-state index in [0.29, 0.717) is 29.1 Å². The number of nitro benzene ring substituents is 1. The molecule has 1 amide bonds. The van der Waals surface area contributed by atoms with E-state index in [-0.39, 0.29) is 11.3 Å². The molecule has 0 heterocycles. The lowest BCUT2D eigenvalue weighted by Crippen LogP contribution is -2.12. The van der Waals surface area contributed by atoms with Crippen LogP contribution in [-0.2, 0) is 4.74 Å². The van der Waals surface area contributed by atoms with E-state index in [2.05, 4.69) is 21.2 Å². The number of anilines is 1. The summed E-state index contributed by atoms with van der Waals surface area (Å²) < 4.78 is 10.6. The number of hydrogen-bond donors (Lipinski definition) is 1. The highest BCUT2D eigenvalue weighted by Crippen LogP contribution is 2.26. The van der Waals surface area contributed by atoms with Crippen molar-refractivity contribution in [3.63, 3.8) is 0 Å². The van der Waals surface area contributed by atoms with Crippen molar-refractivity contribution in [2.45, 2.75) is 0 Å². The van der Waals surface area contributed by atoms with Crippen LogP contribution in [0.4, 0.5) is 11.4 Å². The van der Waals surface area contributed by atoms with Crippen molar-refractivity contribution in [2.24, 2.45) is 0 Å². The van der Waals surface area contributed by atoms with E-state index in [4.69, 9.17) is 9.47 Å². The molecule has 7 nitrogen and oxygen atoms in total. The standard InChI is InChI=1S/C16H15BrN2O5/c1-23-8-9-24-13-5-3-12(4-6-13)18-16(20)11-2-7-14(17)15(10-11)19(21)22/h2-7,10H,8-9H2,1H3,(H,18,20). The van der Waals surface area contributed by atoms with Crippen LogP contribution in [0.15, 0.2) is 46.9 Å². The van der Waals surface area contributed by atoms with E-state index in [1.54, 1.807) is 31.4 Å². The highest BCUT2D eigenvalue weighted by atomic mass is 79.9. The van der Waals surface area contributed by atoms with Crippen molar-refractivity contribution in [1.82, 2.24) is 0 Å². The number of halogens is 1. The van der Waals surface area contributed by atoms with Crippen molar-refractivity contribution < 1.29 is 19.2 Å². The smallest absolute Gasteiger partial charge is 0.284 e. The molecule has 2 aromatic carbocycles. The highest BCUT2D eigenvalue weighted by molar-refractivity contribution is 9.10. The van der Waals surface area contributed by atoms with Gasteiger partial charge in [0, 0.05) is 24.4 Å². The van der Waals surface area contributed by atoms with Gasteiger partial charge < -0.3 is 14.8 Å². The lowest BCUT2D eigenvalue weighted by Gasteiger charge is -2.08. The van der Waals surface area contributed by atoms with Gasteiger partial charge in [-0.15, -0.1) is 0 Å². The van der Waals surface area contributed by atoms with Crippen molar-refractivity contribution in [3.05, 3.63) is 62.6 Å². The highest BCUT2D eigenvalue weighted by Gasteiger charge is 2.16. The number of carbonyl (C=O) groups is 1. The third-order valence-electron chi connectivity index (χ3n) is 3.07. The largest absolute Gasteiger partial charge is 0.491 e. The number of nitro groups is 1. The minimum atomic E-state index is -0.549. The minimum Gasteiger partial charge on any atom is -0.491 e. The van der Waals surface area contributed by atoms with Crippen LogP contribution in [0.1, 0.15) is 10.4 Å². The zero-order valence-corrected chi connectivity index (χ0v) is 14.4. The average Bonchev–Trinajstić information content (AvgIpc) is 2.56. The maximum absolute atomic E-state index is 12.2. The maximum atomic E-state index is 12.2. The second-order valence-electron chi connectivity index (χ2n) is 4.74. The molecule has 2 rings (SSSR count). The van der Waals surface area contributed by atoms with Crippen LogP contribution in [0.25, 0.3) is 0 Å². The predicted molar refractivity (Wildman–Crippen MR) is 92.6 cm³/mol. The Morgan fingerprint density at radius 2 is 1.92 bits per heavy atom. The van der Waals surface area contributed by atoms with Crippen molar-refractivity contribution >= 4 is 33.2 Å². The quantitative estimate of drug-likeness (QED) is 0.439. The maximum Gasteiger partial charge on any atom is 0.284 e. The summed E-state index contributed by atoms with van der Waals surface area (Å²) >= 11 is 3.08. The van der Waals surface area contributed by atoms with Crippen LogP contribution in [-0.4, -0.2) is 31.2 Å². The van der Waals surface area contributed by atoms with Gasteiger partial charge in [0.1, 0.15) is 12.4 Å². The molecule has 0 saturated heterocycles. The SMILES string of the molecule is COCCOc1ccc(NC(=O)c2ccc(Br)c([N+](=O)[O-])c2)cc1. The first-order valence-corrected chi connectivity index (χ1v) is 7.77. The number of nitrogens with zero attached hydrogens (tertiary/aromatic N) is 1. The number of carbonyl (C=O) groups excluding carboxylic acids is 1. The Morgan fingerprint density at radius 3 is 2.54 bits per heavy atom. The number of amides is 1. The van der Waals surface area contributed by atoms with Gasteiger partial charge in [-0.25, -0.2) is 0 Å². The molecule has 24 heavy (non-hydrogen) atoms. The van der Waals surface area contributed by atoms with E-state index in [1.807, 2.05) is 0 Å². The first-order chi connectivity index (χ1) is 11.5. The number of benzene rings is 2. The topological polar surface area (TPSA) is 90.7 Å². The third kappa shape index (κ3) is 4.77. The number of nitrogens with one attached hydrogen (secondary N) is 1. The Kier molecular flexibility index (Phi) is 6.28. The minimum absolute atomic E-state index is 0.162. The fourth-order valence-corrected chi connectivity index (χ4v) is 2.27. The molecule has 2 aromatic rings. The summed E-state index contributed by atoms with van der Waals surface area (Å²) in [4.78, 5) is 22.6. The summed E-state index contributed by atoms with van der Waals surface area (Å²) in [6, 6.07) is 11.0. The lowest BCUT2D eigenvalue weighted by atomic mass is 10.2. The fourth-order valence-electron chi connectivity index (χ4n) is 1.87. The van der Waals surface area contributed by atoms with Gasteiger partial charge in [0.15, 0.2) is 0 Å². The van der Waals surface area contributed by atoms with Gasteiger partial charge in [-0.2, -0.15) is 0 Å². The molecule has 8 heteroatoms. The molecule has 0 atom stereocenters. The number of methoxy groups -OCH3 is 1. The summed E-state index contributed by atoms with van der Waals surface area (Å²) in [5.41, 5.74) is 0.597. The molecule has 1 N–H and O–H groups in total. The van der Waals surface area contributed by atoms with Crippen LogP contribution >= 0.6 is 15.9 Å². The summed E-state index contributed by atoms with van der Waals surface area (Å²) in [5.74, 6) is 0.225. The molecule has 0 fully saturated rings. The normalized spacial score (nSPS) is 10.2. The molecule has 126 valence electrons. The molecule has 0 aromatic heterocycles. The number of rotatable bonds is 7. The molecule has 0 aliphatic carbocycles. The fraction of sp³-hybridized carbons (Fsp3) is 0.188. The molecule has 0 unspecified atom stereocenters. The predicted octanol–water partition coefficient (Wildman–Crippen LogP) is 3.63. The molecule has 0 spiro atoms. The van der Waals surface area contributed by atoms with Crippen LogP contribution in [0.3, 0.4) is 0 Å². The number of ether oxygens (including phenoxy) is 2. The summed E-state index contributed by atoms with van der Waals surface area (Å²) in [5, 5.41) is 13.6. The first kappa shape index (κ1) is 17.9. The second-order valence-corrected chi connectivity index (χ2v) is 5.60. The Labute approximate surface area is 146 Å².